The zero-order valence-corrected chi connectivity index (χ0v) is 19.1. The van der Waals surface area contributed by atoms with Crippen molar-refractivity contribution in [2.75, 3.05) is 6.54 Å². The lowest BCUT2D eigenvalue weighted by Crippen LogP contribution is -2.75. The number of amides is 1. The summed E-state index contributed by atoms with van der Waals surface area (Å²) < 4.78 is 28.9. The number of carboxylic acids is 1. The molecule has 35 heavy (non-hydrogen) atoms. The molecule has 3 aromatic carbocycles. The van der Waals surface area contributed by atoms with E-state index in [2.05, 4.69) is 4.72 Å². The van der Waals surface area contributed by atoms with Crippen LogP contribution in [0, 0.1) is 10.1 Å². The molecule has 0 spiro atoms. The molecule has 0 aliphatic carbocycles. The van der Waals surface area contributed by atoms with Crippen molar-refractivity contribution in [1.82, 2.24) is 9.62 Å². The molecule has 1 saturated heterocycles. The van der Waals surface area contributed by atoms with Crippen LogP contribution in [-0.4, -0.2) is 47.3 Å². The third-order valence-corrected chi connectivity index (χ3v) is 7.39. The molecule has 0 bridgehead atoms. The van der Waals surface area contributed by atoms with Crippen LogP contribution in [0.1, 0.15) is 17.2 Å². The van der Waals surface area contributed by atoms with E-state index in [1.54, 1.807) is 60.7 Å². The molecule has 10 nitrogen and oxygen atoms in total. The molecule has 1 amide bonds. The molecule has 1 fully saturated rings. The average molecular weight is 496 g/mol. The van der Waals surface area contributed by atoms with Gasteiger partial charge in [-0.3, -0.25) is 14.9 Å². The van der Waals surface area contributed by atoms with Gasteiger partial charge in [-0.2, -0.15) is 4.72 Å². The minimum absolute atomic E-state index is 0.0653. The number of hydrogen-bond donors (Lipinski definition) is 2. The van der Waals surface area contributed by atoms with Crippen molar-refractivity contribution in [2.24, 2.45) is 0 Å². The molecule has 180 valence electrons. The lowest BCUT2D eigenvalue weighted by molar-refractivity contribution is -0.387. The highest BCUT2D eigenvalue weighted by molar-refractivity contribution is 7.89. The minimum atomic E-state index is -4.53. The minimum Gasteiger partial charge on any atom is -0.479 e. The number of sulfonamides is 1. The van der Waals surface area contributed by atoms with Gasteiger partial charge in [-0.15, -0.1) is 0 Å². The largest absolute Gasteiger partial charge is 0.479 e. The van der Waals surface area contributed by atoms with Gasteiger partial charge in [0.05, 0.1) is 11.5 Å². The van der Waals surface area contributed by atoms with Crippen molar-refractivity contribution in [3.63, 3.8) is 0 Å². The molecule has 4 rings (SSSR count). The Hall–Kier alpha value is -4.09. The quantitative estimate of drug-likeness (QED) is 0.263. The summed E-state index contributed by atoms with van der Waals surface area (Å²) in [6.45, 7) is -0.244. The molecule has 2 atom stereocenters. The number of carbonyl (C=O) groups is 2. The van der Waals surface area contributed by atoms with Gasteiger partial charge in [0, 0.05) is 12.5 Å². The van der Waals surface area contributed by atoms with E-state index < -0.39 is 49.0 Å². The third kappa shape index (κ3) is 4.63. The summed E-state index contributed by atoms with van der Waals surface area (Å²) >= 11 is 0. The second-order valence-electron chi connectivity index (χ2n) is 8.16. The summed E-state index contributed by atoms with van der Waals surface area (Å²) in [5.41, 5.74) is -1.35. The number of aliphatic carboxylic acids is 1. The molecule has 11 heteroatoms. The lowest BCUT2D eigenvalue weighted by Gasteiger charge is -2.51. The molecule has 0 unspecified atom stereocenters. The number of nitrogens with zero attached hydrogens (tertiary/aromatic N) is 2. The second-order valence-corrected chi connectivity index (χ2v) is 9.81. The average Bonchev–Trinajstić information content (AvgIpc) is 2.84. The van der Waals surface area contributed by atoms with E-state index in [0.717, 1.165) is 17.0 Å². The highest BCUT2D eigenvalue weighted by atomic mass is 32.2. The first-order valence-electron chi connectivity index (χ1n) is 10.5. The van der Waals surface area contributed by atoms with Crippen LogP contribution < -0.4 is 4.72 Å². The molecular weight excluding hydrogens is 474 g/mol. The van der Waals surface area contributed by atoms with Crippen LogP contribution >= 0.6 is 0 Å². The van der Waals surface area contributed by atoms with Crippen LogP contribution in [0.4, 0.5) is 5.69 Å². The Morgan fingerprint density at radius 2 is 1.60 bits per heavy atom. The van der Waals surface area contributed by atoms with Gasteiger partial charge in [0.1, 0.15) is 5.54 Å². The molecular formula is C24H21N3O7S. The van der Waals surface area contributed by atoms with Gasteiger partial charge >= 0.3 is 5.97 Å². The van der Waals surface area contributed by atoms with Gasteiger partial charge < -0.3 is 10.0 Å². The first-order chi connectivity index (χ1) is 16.6. The van der Waals surface area contributed by atoms with E-state index in [9.17, 15) is 33.2 Å². The number of para-hydroxylation sites is 1. The number of nitro groups is 1. The number of nitrogens with one attached hydrogen (secondary N) is 1. The summed E-state index contributed by atoms with van der Waals surface area (Å²) in [6, 6.07) is 20.3. The summed E-state index contributed by atoms with van der Waals surface area (Å²) in [6.07, 6.45) is -0.0653. The fourth-order valence-electron chi connectivity index (χ4n) is 4.25. The maximum atomic E-state index is 13.5. The fourth-order valence-corrected chi connectivity index (χ4v) is 5.77. The molecule has 2 N–H and O–H groups in total. The summed E-state index contributed by atoms with van der Waals surface area (Å²) in [5.74, 6) is -2.00. The molecule has 0 saturated carbocycles. The van der Waals surface area contributed by atoms with E-state index in [1.807, 2.05) is 0 Å². The Morgan fingerprint density at radius 3 is 2.17 bits per heavy atom. The van der Waals surface area contributed by atoms with Crippen molar-refractivity contribution < 1.29 is 28.0 Å². The van der Waals surface area contributed by atoms with Crippen LogP contribution in [-0.2, 0) is 26.0 Å². The van der Waals surface area contributed by atoms with Crippen molar-refractivity contribution >= 4 is 27.6 Å². The molecule has 0 radical (unpaired) electrons. The van der Waals surface area contributed by atoms with E-state index in [0.29, 0.717) is 11.1 Å². The smallest absolute Gasteiger partial charge is 0.331 e. The first kappa shape index (κ1) is 24.0. The highest BCUT2D eigenvalue weighted by Gasteiger charge is 2.58. The number of carbonyl (C=O) groups excluding carboxylic acids is 1. The number of rotatable bonds is 9. The van der Waals surface area contributed by atoms with Crippen LogP contribution in [0.2, 0.25) is 0 Å². The van der Waals surface area contributed by atoms with Gasteiger partial charge in [-0.1, -0.05) is 72.8 Å². The Kier molecular flexibility index (Phi) is 6.37. The zero-order valence-electron chi connectivity index (χ0n) is 18.3. The first-order valence-corrected chi connectivity index (χ1v) is 12.0. The normalized spacial score (nSPS) is 18.5. The Morgan fingerprint density at radius 1 is 1.03 bits per heavy atom. The topological polar surface area (TPSA) is 147 Å². The highest BCUT2D eigenvalue weighted by Crippen LogP contribution is 2.37. The summed E-state index contributed by atoms with van der Waals surface area (Å²) in [7, 11) is -4.53. The zero-order chi connectivity index (χ0) is 25.2. The van der Waals surface area contributed by atoms with E-state index >= 15 is 0 Å². The monoisotopic (exact) mass is 495 g/mol. The number of hydrogen-bond acceptors (Lipinski definition) is 6. The van der Waals surface area contributed by atoms with Crippen molar-refractivity contribution in [2.45, 2.75) is 22.9 Å². The van der Waals surface area contributed by atoms with E-state index in [4.69, 9.17) is 0 Å². The van der Waals surface area contributed by atoms with Crippen molar-refractivity contribution in [3.8, 4) is 0 Å². The molecule has 3 aromatic rings. The number of nitro benzene ring substituents is 1. The maximum absolute atomic E-state index is 13.5. The SMILES string of the molecule is O=C(O)[C@H](c1ccccc1)N1C[C@](Cc2ccccc2)(NS(=O)(=O)c2ccccc2[N+](=O)[O-])C1=O. The Bertz CT molecular complexity index is 1380. The van der Waals surface area contributed by atoms with E-state index in [-0.39, 0.29) is 13.0 Å². The van der Waals surface area contributed by atoms with Gasteiger partial charge in [-0.25, -0.2) is 13.2 Å². The standard InChI is InChI=1S/C24H21N3O7S/c28-22(29)21(18-11-5-2-6-12-18)26-16-24(23(26)30,15-17-9-3-1-4-10-17)25-35(33,34)20-14-8-7-13-19(20)27(31)32/h1-14,21,25H,15-16H2,(H,28,29)/t21-,24-/m0/s1. The number of carboxylic acid groups (broad SMARTS) is 1. The molecule has 1 aliphatic rings. The molecule has 1 aliphatic heterocycles. The molecule has 1 heterocycles. The maximum Gasteiger partial charge on any atom is 0.331 e. The van der Waals surface area contributed by atoms with Crippen LogP contribution in [0.3, 0.4) is 0 Å². The Labute approximate surface area is 201 Å². The number of likely N-dealkylation sites (tertiary alicyclic amines) is 1. The van der Waals surface area contributed by atoms with Crippen LogP contribution in [0.25, 0.3) is 0 Å². The predicted octanol–water partition coefficient (Wildman–Crippen LogP) is 2.52. The van der Waals surface area contributed by atoms with E-state index in [1.165, 1.54) is 12.1 Å². The summed E-state index contributed by atoms with van der Waals surface area (Å²) in [4.78, 5) is 36.7. The van der Waals surface area contributed by atoms with Crippen molar-refractivity contribution in [1.29, 1.82) is 0 Å². The number of β-lactam (4-membered cyclic amide) rings is 1. The Balaban J connectivity index is 1.73. The van der Waals surface area contributed by atoms with Gasteiger partial charge in [0.25, 0.3) is 5.69 Å². The van der Waals surface area contributed by atoms with Crippen LogP contribution in [0.5, 0.6) is 0 Å². The second kappa shape index (κ2) is 9.28. The van der Waals surface area contributed by atoms with Gasteiger partial charge in [0.15, 0.2) is 10.9 Å². The van der Waals surface area contributed by atoms with Gasteiger partial charge in [0.2, 0.25) is 15.9 Å². The summed E-state index contributed by atoms with van der Waals surface area (Å²) in [5, 5.41) is 21.3. The lowest BCUT2D eigenvalue weighted by atomic mass is 9.81. The molecule has 0 aromatic heterocycles. The van der Waals surface area contributed by atoms with Crippen LogP contribution in [0.15, 0.2) is 89.8 Å². The van der Waals surface area contributed by atoms with Gasteiger partial charge in [-0.05, 0) is 17.2 Å². The third-order valence-electron chi connectivity index (χ3n) is 5.80. The predicted molar refractivity (Wildman–Crippen MR) is 125 cm³/mol. The van der Waals surface area contributed by atoms with Crippen molar-refractivity contribution in [3.05, 3.63) is 106 Å². The number of benzene rings is 3. The fraction of sp³-hybridized carbons (Fsp3) is 0.167.